The van der Waals surface area contributed by atoms with Crippen molar-refractivity contribution in [1.82, 2.24) is 0 Å². The summed E-state index contributed by atoms with van der Waals surface area (Å²) in [4.78, 5) is 0. The molecule has 2 aromatic carbocycles. The van der Waals surface area contributed by atoms with Crippen LogP contribution >= 0.6 is 0 Å². The smallest absolute Gasteiger partial charge is 0.183 e. The number of ether oxygens (including phenoxy) is 3. The maximum atomic E-state index is 5.63. The molecule has 0 aliphatic rings. The largest absolute Gasteiger partial charge is 0.490 e. The number of para-hydroxylation sites is 1. The van der Waals surface area contributed by atoms with E-state index in [1.165, 1.54) is 0 Å². The summed E-state index contributed by atoms with van der Waals surface area (Å²) in [5.41, 5.74) is 2.16. The molecule has 0 saturated heterocycles. The van der Waals surface area contributed by atoms with Gasteiger partial charge in [-0.25, -0.2) is 0 Å². The Hall–Kier alpha value is -2.10. The van der Waals surface area contributed by atoms with Gasteiger partial charge in [-0.15, -0.1) is 0 Å². The Kier molecular flexibility index (Phi) is 7.37. The third-order valence-corrected chi connectivity index (χ3v) is 3.24. The van der Waals surface area contributed by atoms with Crippen molar-refractivity contribution in [2.24, 2.45) is 0 Å². The van der Waals surface area contributed by atoms with Crippen LogP contribution in [0.5, 0.6) is 5.75 Å². The van der Waals surface area contributed by atoms with Crippen LogP contribution in [0.15, 0.2) is 60.7 Å². The standard InChI is InChI=1S/C20H24O3/c1-3-21-20(22-4-2)18-14-12-17(13-15-18)9-8-16-23-19-10-6-5-7-11-19/h5-15,20H,3-4,16H2,1-2H3. The molecule has 0 unspecified atom stereocenters. The Morgan fingerprint density at radius 1 is 0.870 bits per heavy atom. The van der Waals surface area contributed by atoms with Gasteiger partial charge in [-0.3, -0.25) is 0 Å². The molecule has 3 heteroatoms. The van der Waals surface area contributed by atoms with Crippen LogP contribution < -0.4 is 4.74 Å². The second-order valence-electron chi connectivity index (χ2n) is 4.94. The molecule has 0 aromatic heterocycles. The first-order valence-corrected chi connectivity index (χ1v) is 8.01. The van der Waals surface area contributed by atoms with E-state index in [9.17, 15) is 0 Å². The second-order valence-corrected chi connectivity index (χ2v) is 4.94. The highest BCUT2D eigenvalue weighted by Crippen LogP contribution is 2.19. The van der Waals surface area contributed by atoms with E-state index in [0.29, 0.717) is 19.8 Å². The Morgan fingerprint density at radius 2 is 1.52 bits per heavy atom. The first-order valence-electron chi connectivity index (χ1n) is 8.01. The van der Waals surface area contributed by atoms with Crippen molar-refractivity contribution in [3.63, 3.8) is 0 Å². The van der Waals surface area contributed by atoms with E-state index >= 15 is 0 Å². The van der Waals surface area contributed by atoms with Gasteiger partial charge in [-0.2, -0.15) is 0 Å². The van der Waals surface area contributed by atoms with Gasteiger partial charge >= 0.3 is 0 Å². The van der Waals surface area contributed by atoms with Gasteiger partial charge < -0.3 is 14.2 Å². The van der Waals surface area contributed by atoms with Crippen molar-refractivity contribution < 1.29 is 14.2 Å². The van der Waals surface area contributed by atoms with Crippen LogP contribution in [0.2, 0.25) is 0 Å². The normalized spacial score (nSPS) is 11.3. The summed E-state index contributed by atoms with van der Waals surface area (Å²) in [6.07, 6.45) is 3.76. The van der Waals surface area contributed by atoms with Crippen LogP contribution in [0.1, 0.15) is 31.3 Å². The summed E-state index contributed by atoms with van der Waals surface area (Å²) in [5.74, 6) is 0.878. The zero-order valence-corrected chi connectivity index (χ0v) is 13.8. The van der Waals surface area contributed by atoms with E-state index in [0.717, 1.165) is 16.9 Å². The molecule has 0 spiro atoms. The minimum absolute atomic E-state index is 0.288. The molecular formula is C20H24O3. The fraction of sp³-hybridized carbons (Fsp3) is 0.300. The topological polar surface area (TPSA) is 27.7 Å². The van der Waals surface area contributed by atoms with Crippen molar-refractivity contribution in [3.8, 4) is 5.75 Å². The zero-order valence-electron chi connectivity index (χ0n) is 13.8. The molecule has 3 nitrogen and oxygen atoms in total. The van der Waals surface area contributed by atoms with E-state index in [4.69, 9.17) is 14.2 Å². The fourth-order valence-corrected chi connectivity index (χ4v) is 2.15. The van der Waals surface area contributed by atoms with Gasteiger partial charge in [0.05, 0.1) is 0 Å². The molecule has 2 aromatic rings. The van der Waals surface area contributed by atoms with Crippen LogP contribution in [0.4, 0.5) is 0 Å². The lowest BCUT2D eigenvalue weighted by atomic mass is 10.1. The monoisotopic (exact) mass is 312 g/mol. The summed E-state index contributed by atoms with van der Waals surface area (Å²) in [7, 11) is 0. The molecular weight excluding hydrogens is 288 g/mol. The number of hydrogen-bond acceptors (Lipinski definition) is 3. The predicted molar refractivity (Wildman–Crippen MR) is 93.4 cm³/mol. The first-order chi connectivity index (χ1) is 11.3. The molecule has 0 aliphatic heterocycles. The lowest BCUT2D eigenvalue weighted by Crippen LogP contribution is -2.08. The molecule has 0 amide bonds. The van der Waals surface area contributed by atoms with Crippen molar-refractivity contribution >= 4 is 6.08 Å². The minimum Gasteiger partial charge on any atom is -0.490 e. The molecule has 0 aliphatic carbocycles. The van der Waals surface area contributed by atoms with E-state index in [2.05, 4.69) is 12.1 Å². The van der Waals surface area contributed by atoms with Crippen LogP contribution in [-0.2, 0) is 9.47 Å². The maximum absolute atomic E-state index is 5.63. The van der Waals surface area contributed by atoms with Crippen molar-refractivity contribution in [3.05, 3.63) is 71.8 Å². The average Bonchev–Trinajstić information content (AvgIpc) is 2.60. The maximum Gasteiger partial charge on any atom is 0.183 e. The zero-order chi connectivity index (χ0) is 16.3. The van der Waals surface area contributed by atoms with Gasteiger partial charge in [0.1, 0.15) is 12.4 Å². The molecule has 0 bridgehead atoms. The SMILES string of the molecule is CCOC(OCC)c1ccc(C=CCOc2ccccc2)cc1. The average molecular weight is 312 g/mol. The lowest BCUT2D eigenvalue weighted by Gasteiger charge is -2.17. The Labute approximate surface area is 138 Å². The van der Waals surface area contributed by atoms with Crippen molar-refractivity contribution in [2.45, 2.75) is 20.1 Å². The number of rotatable bonds is 9. The quantitative estimate of drug-likeness (QED) is 0.619. The van der Waals surface area contributed by atoms with E-state index in [-0.39, 0.29) is 6.29 Å². The highest BCUT2D eigenvalue weighted by atomic mass is 16.7. The molecule has 0 N–H and O–H groups in total. The molecule has 0 atom stereocenters. The van der Waals surface area contributed by atoms with Gasteiger partial charge in [0.15, 0.2) is 6.29 Å². The minimum atomic E-state index is -0.288. The Bertz CT molecular complexity index is 570. The van der Waals surface area contributed by atoms with Crippen LogP contribution in [0, 0.1) is 0 Å². The second kappa shape index (κ2) is 9.82. The summed E-state index contributed by atoms with van der Waals surface area (Å²) in [5, 5.41) is 0. The fourth-order valence-electron chi connectivity index (χ4n) is 2.15. The van der Waals surface area contributed by atoms with E-state index < -0.39 is 0 Å². The first kappa shape index (κ1) is 17.3. The van der Waals surface area contributed by atoms with Gasteiger partial charge in [-0.1, -0.05) is 48.5 Å². The van der Waals surface area contributed by atoms with Crippen molar-refractivity contribution in [2.75, 3.05) is 19.8 Å². The molecule has 2 rings (SSSR count). The number of benzene rings is 2. The van der Waals surface area contributed by atoms with Crippen molar-refractivity contribution in [1.29, 1.82) is 0 Å². The molecule has 0 heterocycles. The Morgan fingerprint density at radius 3 is 2.13 bits per heavy atom. The third kappa shape index (κ3) is 5.89. The van der Waals surface area contributed by atoms with Gasteiger partial charge in [0, 0.05) is 18.8 Å². The summed E-state index contributed by atoms with van der Waals surface area (Å²) in [6.45, 7) is 5.74. The lowest BCUT2D eigenvalue weighted by molar-refractivity contribution is -0.140. The Balaban J connectivity index is 1.87. The molecule has 23 heavy (non-hydrogen) atoms. The van der Waals surface area contributed by atoms with Gasteiger partial charge in [-0.05, 0) is 37.6 Å². The molecule has 0 radical (unpaired) electrons. The van der Waals surface area contributed by atoms with E-state index in [1.54, 1.807) is 0 Å². The molecule has 0 fully saturated rings. The van der Waals surface area contributed by atoms with Crippen LogP contribution in [0.25, 0.3) is 6.08 Å². The molecule has 122 valence electrons. The highest BCUT2D eigenvalue weighted by molar-refractivity contribution is 5.49. The third-order valence-electron chi connectivity index (χ3n) is 3.24. The summed E-state index contributed by atoms with van der Waals surface area (Å²) >= 11 is 0. The van der Waals surface area contributed by atoms with Gasteiger partial charge in [0.2, 0.25) is 0 Å². The summed E-state index contributed by atoms with van der Waals surface area (Å²) < 4.78 is 16.8. The van der Waals surface area contributed by atoms with Crippen LogP contribution in [0.3, 0.4) is 0 Å². The number of hydrogen-bond donors (Lipinski definition) is 0. The molecule has 0 saturated carbocycles. The summed E-state index contributed by atoms with van der Waals surface area (Å²) in [6, 6.07) is 18.0. The van der Waals surface area contributed by atoms with Gasteiger partial charge in [0.25, 0.3) is 0 Å². The van der Waals surface area contributed by atoms with Crippen LogP contribution in [-0.4, -0.2) is 19.8 Å². The predicted octanol–water partition coefficient (Wildman–Crippen LogP) is 4.85. The highest BCUT2D eigenvalue weighted by Gasteiger charge is 2.10. The van der Waals surface area contributed by atoms with E-state index in [1.807, 2.05) is 68.5 Å².